The van der Waals surface area contributed by atoms with E-state index in [1.165, 1.54) is 12.8 Å². The van der Waals surface area contributed by atoms with Crippen molar-refractivity contribution in [3.63, 3.8) is 0 Å². The van der Waals surface area contributed by atoms with Gasteiger partial charge in [0.2, 0.25) is 0 Å². The van der Waals surface area contributed by atoms with Gasteiger partial charge in [0.1, 0.15) is 5.84 Å². The van der Waals surface area contributed by atoms with Crippen LogP contribution in [0.3, 0.4) is 0 Å². The lowest BCUT2D eigenvalue weighted by Crippen LogP contribution is -2.40. The van der Waals surface area contributed by atoms with Gasteiger partial charge >= 0.3 is 0 Å². The second-order valence-electron chi connectivity index (χ2n) is 6.95. The summed E-state index contributed by atoms with van der Waals surface area (Å²) >= 11 is 0. The first-order valence-electron chi connectivity index (χ1n) is 6.98. The molecule has 0 fully saturated rings. The number of rotatable bonds is 6. The van der Waals surface area contributed by atoms with Gasteiger partial charge in [-0.25, -0.2) is 0 Å². The lowest BCUT2D eigenvalue weighted by Gasteiger charge is -2.33. The highest BCUT2D eigenvalue weighted by molar-refractivity contribution is 5.84. The minimum absolute atomic E-state index is 0.0338. The molecule has 0 aromatic heterocycles. The molecule has 2 heteroatoms. The molecular formula is C15H32N2. The van der Waals surface area contributed by atoms with Crippen LogP contribution in [0.2, 0.25) is 0 Å². The molecule has 17 heavy (non-hydrogen) atoms. The summed E-state index contributed by atoms with van der Waals surface area (Å²) in [4.78, 5) is 2.28. The molecule has 0 saturated heterocycles. The molecule has 0 saturated carbocycles. The van der Waals surface area contributed by atoms with E-state index in [0.717, 1.165) is 18.9 Å². The van der Waals surface area contributed by atoms with Gasteiger partial charge in [0.05, 0.1) is 0 Å². The monoisotopic (exact) mass is 240 g/mol. The Kier molecular flexibility index (Phi) is 6.81. The molecule has 102 valence electrons. The lowest BCUT2D eigenvalue weighted by molar-refractivity contribution is 0.322. The third-order valence-electron chi connectivity index (χ3n) is 2.98. The molecule has 0 atom stereocenters. The zero-order valence-electron chi connectivity index (χ0n) is 12.9. The Bertz CT molecular complexity index is 212. The number of nitrogens with one attached hydrogen (secondary N) is 1. The van der Waals surface area contributed by atoms with Crippen molar-refractivity contribution in [2.75, 3.05) is 13.1 Å². The van der Waals surface area contributed by atoms with Gasteiger partial charge in [0, 0.05) is 18.5 Å². The van der Waals surface area contributed by atoms with E-state index in [1.807, 2.05) is 0 Å². The summed E-state index contributed by atoms with van der Waals surface area (Å²) in [7, 11) is 0. The summed E-state index contributed by atoms with van der Waals surface area (Å²) in [5.74, 6) is 2.22. The first-order chi connectivity index (χ1) is 7.64. The van der Waals surface area contributed by atoms with E-state index in [-0.39, 0.29) is 5.41 Å². The van der Waals surface area contributed by atoms with Crippen molar-refractivity contribution in [2.45, 2.75) is 61.3 Å². The highest BCUT2D eigenvalue weighted by atomic mass is 15.2. The third-order valence-corrected chi connectivity index (χ3v) is 2.98. The summed E-state index contributed by atoms with van der Waals surface area (Å²) in [5, 5.41) is 8.31. The van der Waals surface area contributed by atoms with Crippen molar-refractivity contribution in [3.8, 4) is 0 Å². The maximum Gasteiger partial charge on any atom is 0.101 e. The molecule has 0 rings (SSSR count). The van der Waals surface area contributed by atoms with Crippen LogP contribution in [-0.2, 0) is 0 Å². The Hall–Kier alpha value is -0.530. The highest BCUT2D eigenvalue weighted by Gasteiger charge is 2.23. The molecule has 1 N–H and O–H groups in total. The second kappa shape index (κ2) is 7.03. The van der Waals surface area contributed by atoms with Crippen molar-refractivity contribution in [1.29, 1.82) is 5.41 Å². The molecule has 0 unspecified atom stereocenters. The predicted molar refractivity (Wildman–Crippen MR) is 77.7 cm³/mol. The highest BCUT2D eigenvalue weighted by Crippen LogP contribution is 2.19. The topological polar surface area (TPSA) is 27.1 Å². The molecule has 0 aromatic carbocycles. The molecule has 0 aliphatic rings. The Labute approximate surface area is 108 Å². The van der Waals surface area contributed by atoms with Crippen LogP contribution in [0.4, 0.5) is 0 Å². The standard InChI is InChI=1S/C15H32N2/c1-12(2)8-10-17(11-9-13(3)4)14(16)15(5,6)7/h12-13,16H,8-11H2,1-7H3. The zero-order valence-corrected chi connectivity index (χ0v) is 12.9. The number of nitrogens with zero attached hydrogens (tertiary/aromatic N) is 1. The fraction of sp³-hybridized carbons (Fsp3) is 0.933. The van der Waals surface area contributed by atoms with Gasteiger partial charge in [-0.1, -0.05) is 48.5 Å². The molecule has 0 aromatic rings. The molecule has 2 nitrogen and oxygen atoms in total. The third kappa shape index (κ3) is 7.40. The largest absolute Gasteiger partial charge is 0.360 e. The number of hydrogen-bond acceptors (Lipinski definition) is 1. The molecule has 0 aliphatic heterocycles. The molecule has 0 radical (unpaired) electrons. The zero-order chi connectivity index (χ0) is 13.6. The average Bonchev–Trinajstić information content (AvgIpc) is 2.14. The van der Waals surface area contributed by atoms with Gasteiger partial charge in [0.25, 0.3) is 0 Å². The summed E-state index contributed by atoms with van der Waals surface area (Å²) < 4.78 is 0. The Morgan fingerprint density at radius 1 is 0.941 bits per heavy atom. The molecule has 0 heterocycles. The Morgan fingerprint density at radius 2 is 1.29 bits per heavy atom. The molecule has 0 aliphatic carbocycles. The van der Waals surface area contributed by atoms with Gasteiger partial charge in [-0.3, -0.25) is 5.41 Å². The Morgan fingerprint density at radius 3 is 1.53 bits per heavy atom. The second-order valence-corrected chi connectivity index (χ2v) is 6.95. The SMILES string of the molecule is CC(C)CCN(CCC(C)C)C(=N)C(C)(C)C. The van der Waals surface area contributed by atoms with E-state index in [4.69, 9.17) is 5.41 Å². The minimum Gasteiger partial charge on any atom is -0.360 e. The predicted octanol–water partition coefficient (Wildman–Crippen LogP) is 4.40. The van der Waals surface area contributed by atoms with Crippen molar-refractivity contribution < 1.29 is 0 Å². The smallest absolute Gasteiger partial charge is 0.101 e. The number of hydrogen-bond donors (Lipinski definition) is 1. The van der Waals surface area contributed by atoms with Crippen LogP contribution in [0.25, 0.3) is 0 Å². The van der Waals surface area contributed by atoms with Crippen LogP contribution >= 0.6 is 0 Å². The van der Waals surface area contributed by atoms with Crippen LogP contribution in [0.15, 0.2) is 0 Å². The molecule has 0 spiro atoms. The maximum atomic E-state index is 8.31. The summed E-state index contributed by atoms with van der Waals surface area (Å²) in [6, 6.07) is 0. The van der Waals surface area contributed by atoms with E-state index < -0.39 is 0 Å². The minimum atomic E-state index is -0.0338. The normalized spacial score (nSPS) is 12.3. The van der Waals surface area contributed by atoms with Gasteiger partial charge in [-0.15, -0.1) is 0 Å². The van der Waals surface area contributed by atoms with Crippen LogP contribution in [0.1, 0.15) is 61.3 Å². The first-order valence-corrected chi connectivity index (χ1v) is 6.98. The molecular weight excluding hydrogens is 208 g/mol. The maximum absolute atomic E-state index is 8.31. The van der Waals surface area contributed by atoms with Crippen molar-refractivity contribution in [1.82, 2.24) is 4.90 Å². The van der Waals surface area contributed by atoms with Crippen LogP contribution in [0.5, 0.6) is 0 Å². The average molecular weight is 240 g/mol. The Balaban J connectivity index is 4.44. The van der Waals surface area contributed by atoms with Gasteiger partial charge in [-0.05, 0) is 24.7 Å². The van der Waals surface area contributed by atoms with Crippen LogP contribution < -0.4 is 0 Å². The fourth-order valence-corrected chi connectivity index (χ4v) is 1.64. The van der Waals surface area contributed by atoms with Gasteiger partial charge < -0.3 is 4.90 Å². The van der Waals surface area contributed by atoms with E-state index in [2.05, 4.69) is 53.4 Å². The molecule has 0 amide bonds. The van der Waals surface area contributed by atoms with E-state index in [0.29, 0.717) is 11.8 Å². The van der Waals surface area contributed by atoms with Gasteiger partial charge in [0.15, 0.2) is 0 Å². The first kappa shape index (κ1) is 16.5. The van der Waals surface area contributed by atoms with Crippen molar-refractivity contribution in [2.24, 2.45) is 17.3 Å². The summed E-state index contributed by atoms with van der Waals surface area (Å²) in [6.45, 7) is 17.5. The van der Waals surface area contributed by atoms with Crippen LogP contribution in [-0.4, -0.2) is 23.8 Å². The van der Waals surface area contributed by atoms with E-state index in [9.17, 15) is 0 Å². The summed E-state index contributed by atoms with van der Waals surface area (Å²) in [6.07, 6.45) is 2.35. The summed E-state index contributed by atoms with van der Waals surface area (Å²) in [5.41, 5.74) is -0.0338. The van der Waals surface area contributed by atoms with Gasteiger partial charge in [-0.2, -0.15) is 0 Å². The van der Waals surface area contributed by atoms with Crippen LogP contribution in [0, 0.1) is 22.7 Å². The van der Waals surface area contributed by atoms with E-state index >= 15 is 0 Å². The molecule has 0 bridgehead atoms. The lowest BCUT2D eigenvalue weighted by atomic mass is 9.93. The van der Waals surface area contributed by atoms with Crippen molar-refractivity contribution in [3.05, 3.63) is 0 Å². The van der Waals surface area contributed by atoms with E-state index in [1.54, 1.807) is 0 Å². The quantitative estimate of drug-likeness (QED) is 0.540. The number of amidine groups is 1. The van der Waals surface area contributed by atoms with Crippen molar-refractivity contribution >= 4 is 5.84 Å². The fourth-order valence-electron chi connectivity index (χ4n) is 1.64.